The maximum atomic E-state index is 14.7. The van der Waals surface area contributed by atoms with Crippen LogP contribution in [0.2, 0.25) is 0 Å². The number of fused-ring (bicyclic) bond motifs is 1. The number of benzene rings is 1. The Hall–Kier alpha value is -3.28. The lowest BCUT2D eigenvalue weighted by Gasteiger charge is -2.32. The summed E-state index contributed by atoms with van der Waals surface area (Å²) < 4.78 is 21.2. The van der Waals surface area contributed by atoms with Crippen molar-refractivity contribution < 1.29 is 18.7 Å². The molecule has 2 fully saturated rings. The first-order valence-electron chi connectivity index (χ1n) is 12.1. The number of hydrogen-bond acceptors (Lipinski definition) is 7. The van der Waals surface area contributed by atoms with Crippen molar-refractivity contribution >= 4 is 39.2 Å². The summed E-state index contributed by atoms with van der Waals surface area (Å²) in [6.07, 6.45) is 3.50. The third-order valence-corrected chi connectivity index (χ3v) is 7.37. The number of amides is 3. The fourth-order valence-electron chi connectivity index (χ4n) is 3.95. The Balaban J connectivity index is 1.21. The van der Waals surface area contributed by atoms with Crippen molar-refractivity contribution in [1.29, 1.82) is 0 Å². The number of rotatable bonds is 8. The molecule has 1 aliphatic heterocycles. The van der Waals surface area contributed by atoms with E-state index in [1.54, 1.807) is 24.4 Å². The van der Waals surface area contributed by atoms with Gasteiger partial charge in [-0.25, -0.2) is 9.18 Å². The number of ether oxygens (including phenoxy) is 1. The Bertz CT molecular complexity index is 1260. The third-order valence-electron chi connectivity index (χ3n) is 6.23. The number of urea groups is 1. The molecule has 2 aliphatic rings. The van der Waals surface area contributed by atoms with Crippen molar-refractivity contribution in [2.75, 3.05) is 51.6 Å². The molecule has 3 N–H and O–H groups in total. The maximum absolute atomic E-state index is 14.7. The van der Waals surface area contributed by atoms with E-state index in [1.807, 2.05) is 0 Å². The Kier molecular flexibility index (Phi) is 7.30. The van der Waals surface area contributed by atoms with Crippen LogP contribution in [0.4, 0.5) is 14.9 Å². The number of pyridine rings is 1. The van der Waals surface area contributed by atoms with Crippen molar-refractivity contribution in [3.05, 3.63) is 47.2 Å². The monoisotopic (exact) mass is 512 g/mol. The average Bonchev–Trinajstić information content (AvgIpc) is 3.55. The summed E-state index contributed by atoms with van der Waals surface area (Å²) in [5.41, 5.74) is 0.946. The summed E-state index contributed by atoms with van der Waals surface area (Å²) in [5, 5.41) is 8.40. The van der Waals surface area contributed by atoms with Gasteiger partial charge in [0, 0.05) is 69.3 Å². The minimum absolute atomic E-state index is 0.0160. The van der Waals surface area contributed by atoms with Crippen LogP contribution in [0.1, 0.15) is 22.5 Å². The molecule has 1 aliphatic carbocycles. The van der Waals surface area contributed by atoms with Crippen molar-refractivity contribution in [2.45, 2.75) is 18.9 Å². The SMILES string of the molecule is CN1CCN(CCNC(=O)c2cc3nccc(Oc4ccc(NC(=O)NC5CC5)cc4F)c3s2)CC1. The van der Waals surface area contributed by atoms with E-state index in [-0.39, 0.29) is 23.7 Å². The molecule has 1 saturated heterocycles. The molecule has 1 aromatic carbocycles. The molecule has 11 heteroatoms. The van der Waals surface area contributed by atoms with Gasteiger partial charge in [-0.1, -0.05) is 0 Å². The number of thiophene rings is 1. The standard InChI is InChI=1S/C25H29FN6O3S/c1-31-10-12-32(13-11-31)9-8-28-24(33)22-15-19-23(36-22)21(6-7-27-19)35-20-5-4-17(14-18(20)26)30-25(34)29-16-2-3-16/h4-7,14-16H,2-3,8-13H2,1H3,(H,28,33)(H2,29,30,34). The number of hydrogen-bond donors (Lipinski definition) is 3. The number of carbonyl (C=O) groups is 2. The summed E-state index contributed by atoms with van der Waals surface area (Å²) in [7, 11) is 2.12. The van der Waals surface area contributed by atoms with Gasteiger partial charge in [0.05, 0.1) is 15.1 Å². The van der Waals surface area contributed by atoms with Gasteiger partial charge in [-0.05, 0) is 38.1 Å². The van der Waals surface area contributed by atoms with E-state index < -0.39 is 5.82 Å². The highest BCUT2D eigenvalue weighted by Crippen LogP contribution is 2.36. The lowest BCUT2D eigenvalue weighted by Crippen LogP contribution is -2.46. The molecule has 2 aromatic heterocycles. The molecule has 9 nitrogen and oxygen atoms in total. The van der Waals surface area contributed by atoms with E-state index in [9.17, 15) is 14.0 Å². The second kappa shape index (κ2) is 10.8. The Morgan fingerprint density at radius 1 is 1.14 bits per heavy atom. The van der Waals surface area contributed by atoms with Crippen LogP contribution in [0.25, 0.3) is 10.2 Å². The molecule has 0 atom stereocenters. The molecule has 0 spiro atoms. The lowest BCUT2D eigenvalue weighted by molar-refractivity contribution is 0.0945. The van der Waals surface area contributed by atoms with Gasteiger partial charge in [0.2, 0.25) is 0 Å². The van der Waals surface area contributed by atoms with Crippen LogP contribution >= 0.6 is 11.3 Å². The smallest absolute Gasteiger partial charge is 0.319 e. The zero-order valence-corrected chi connectivity index (χ0v) is 20.9. The van der Waals surface area contributed by atoms with E-state index >= 15 is 0 Å². The number of carbonyl (C=O) groups excluding carboxylic acids is 2. The quantitative estimate of drug-likeness (QED) is 0.428. The number of anilines is 1. The number of halogens is 1. The van der Waals surface area contributed by atoms with E-state index in [1.165, 1.54) is 23.5 Å². The third kappa shape index (κ3) is 6.10. The van der Waals surface area contributed by atoms with Crippen molar-refractivity contribution in [2.24, 2.45) is 0 Å². The first kappa shape index (κ1) is 24.4. The van der Waals surface area contributed by atoms with E-state index in [4.69, 9.17) is 4.74 Å². The lowest BCUT2D eigenvalue weighted by atomic mass is 10.3. The molecule has 0 radical (unpaired) electrons. The van der Waals surface area contributed by atoms with Gasteiger partial charge < -0.3 is 25.6 Å². The summed E-state index contributed by atoms with van der Waals surface area (Å²) in [6.45, 7) is 5.45. The summed E-state index contributed by atoms with van der Waals surface area (Å²) in [5.74, 6) is -0.346. The molecule has 36 heavy (non-hydrogen) atoms. The first-order chi connectivity index (χ1) is 17.4. The molecular weight excluding hydrogens is 483 g/mol. The zero-order valence-electron chi connectivity index (χ0n) is 20.1. The predicted molar refractivity (Wildman–Crippen MR) is 138 cm³/mol. The fourth-order valence-corrected chi connectivity index (χ4v) is 4.94. The molecule has 0 bridgehead atoms. The highest BCUT2D eigenvalue weighted by Gasteiger charge is 2.23. The summed E-state index contributed by atoms with van der Waals surface area (Å²) >= 11 is 1.26. The maximum Gasteiger partial charge on any atom is 0.319 e. The van der Waals surface area contributed by atoms with E-state index in [0.29, 0.717) is 33.1 Å². The van der Waals surface area contributed by atoms with Crippen LogP contribution < -0.4 is 20.7 Å². The molecule has 190 valence electrons. The van der Waals surface area contributed by atoms with Crippen LogP contribution in [0.3, 0.4) is 0 Å². The minimum atomic E-state index is -0.609. The first-order valence-corrected chi connectivity index (χ1v) is 12.9. The predicted octanol–water partition coefficient (Wildman–Crippen LogP) is 3.49. The van der Waals surface area contributed by atoms with E-state index in [0.717, 1.165) is 45.6 Å². The summed E-state index contributed by atoms with van der Waals surface area (Å²) in [6, 6.07) is 7.48. The number of nitrogens with zero attached hydrogens (tertiary/aromatic N) is 3. The van der Waals surface area contributed by atoms with Gasteiger partial charge >= 0.3 is 6.03 Å². The fraction of sp³-hybridized carbons (Fsp3) is 0.400. The Labute approximate surface area is 212 Å². The van der Waals surface area contributed by atoms with Crippen LogP contribution in [0, 0.1) is 5.82 Å². The molecule has 0 unspecified atom stereocenters. The molecule has 5 rings (SSSR count). The summed E-state index contributed by atoms with van der Waals surface area (Å²) in [4.78, 5) is 34.1. The Morgan fingerprint density at radius 2 is 1.94 bits per heavy atom. The van der Waals surface area contributed by atoms with Crippen LogP contribution in [0.5, 0.6) is 11.5 Å². The molecule has 3 aromatic rings. The second-order valence-corrected chi connectivity index (χ2v) is 10.2. The zero-order chi connectivity index (χ0) is 25.1. The topological polar surface area (TPSA) is 98.8 Å². The molecular formula is C25H29FN6O3S. The largest absolute Gasteiger partial charge is 0.453 e. The van der Waals surface area contributed by atoms with Gasteiger partial charge in [0.25, 0.3) is 5.91 Å². The van der Waals surface area contributed by atoms with Gasteiger partial charge in [0.15, 0.2) is 11.6 Å². The van der Waals surface area contributed by atoms with Gasteiger partial charge in [-0.3, -0.25) is 14.7 Å². The minimum Gasteiger partial charge on any atom is -0.453 e. The van der Waals surface area contributed by atoms with Crippen molar-refractivity contribution in [1.82, 2.24) is 25.4 Å². The number of piperazine rings is 1. The number of aromatic nitrogens is 1. The van der Waals surface area contributed by atoms with Gasteiger partial charge in [-0.15, -0.1) is 11.3 Å². The van der Waals surface area contributed by atoms with Crippen LogP contribution in [0.15, 0.2) is 36.5 Å². The van der Waals surface area contributed by atoms with Gasteiger partial charge in [0.1, 0.15) is 5.75 Å². The molecule has 3 heterocycles. The van der Waals surface area contributed by atoms with Crippen LogP contribution in [-0.4, -0.2) is 79.1 Å². The van der Waals surface area contributed by atoms with Gasteiger partial charge in [-0.2, -0.15) is 0 Å². The van der Waals surface area contributed by atoms with E-state index in [2.05, 4.69) is 37.8 Å². The normalized spacial score (nSPS) is 16.6. The van der Waals surface area contributed by atoms with Crippen molar-refractivity contribution in [3.8, 4) is 11.5 Å². The highest BCUT2D eigenvalue weighted by atomic mass is 32.1. The van der Waals surface area contributed by atoms with Crippen molar-refractivity contribution in [3.63, 3.8) is 0 Å². The Morgan fingerprint density at radius 3 is 2.69 bits per heavy atom. The second-order valence-electron chi connectivity index (χ2n) is 9.15. The number of nitrogens with one attached hydrogen (secondary N) is 3. The average molecular weight is 513 g/mol. The van der Waals surface area contributed by atoms with Crippen LogP contribution in [-0.2, 0) is 0 Å². The molecule has 3 amide bonds. The number of likely N-dealkylation sites (N-methyl/N-ethyl adjacent to an activating group) is 1. The molecule has 1 saturated carbocycles. The highest BCUT2D eigenvalue weighted by molar-refractivity contribution is 7.21.